The van der Waals surface area contributed by atoms with E-state index in [2.05, 4.69) is 11.2 Å². The van der Waals surface area contributed by atoms with Gasteiger partial charge in [-0.25, -0.2) is 0 Å². The second kappa shape index (κ2) is 5.93. The Morgan fingerprint density at radius 3 is 2.90 bits per heavy atom. The van der Waals surface area contributed by atoms with Gasteiger partial charge in [-0.15, -0.1) is 11.3 Å². The monoisotopic (exact) mass is 322 g/mol. The predicted octanol–water partition coefficient (Wildman–Crippen LogP) is 4.09. The van der Waals surface area contributed by atoms with Crippen LogP contribution in [0.2, 0.25) is 5.02 Å². The molecule has 0 N–H and O–H groups in total. The fourth-order valence-electron chi connectivity index (χ4n) is 2.89. The predicted molar refractivity (Wildman–Crippen MR) is 86.7 cm³/mol. The maximum Gasteiger partial charge on any atom is 0.178 e. The highest BCUT2D eigenvalue weighted by Crippen LogP contribution is 2.32. The summed E-state index contributed by atoms with van der Waals surface area (Å²) in [7, 11) is 0. The number of carbonyl (C=O) groups excluding carboxylic acids is 1. The maximum absolute atomic E-state index is 12.5. The first kappa shape index (κ1) is 14.8. The molecule has 0 saturated carbocycles. The molecule has 0 unspecified atom stereocenters. The second-order valence-electron chi connectivity index (χ2n) is 5.39. The number of Topliss-reactive ketones (excluding diaryl/α,β-unsaturated/α-hetero) is 1. The summed E-state index contributed by atoms with van der Waals surface area (Å²) in [6.45, 7) is 4.79. The van der Waals surface area contributed by atoms with Crippen molar-refractivity contribution in [1.82, 2.24) is 9.78 Å². The summed E-state index contributed by atoms with van der Waals surface area (Å²) in [5.41, 5.74) is 3.11. The zero-order valence-corrected chi connectivity index (χ0v) is 14.0. The van der Waals surface area contributed by atoms with E-state index in [9.17, 15) is 4.79 Å². The van der Waals surface area contributed by atoms with Gasteiger partial charge in [0.2, 0.25) is 0 Å². The van der Waals surface area contributed by atoms with Gasteiger partial charge in [0, 0.05) is 11.4 Å². The number of halogens is 1. The van der Waals surface area contributed by atoms with Gasteiger partial charge in [-0.2, -0.15) is 5.10 Å². The minimum absolute atomic E-state index is 0.161. The van der Waals surface area contributed by atoms with E-state index in [-0.39, 0.29) is 5.78 Å². The minimum Gasteiger partial charge on any atom is -0.293 e. The lowest BCUT2D eigenvalue weighted by atomic mass is 10.1. The molecule has 3 nitrogen and oxygen atoms in total. The normalized spacial score (nSPS) is 13.7. The van der Waals surface area contributed by atoms with Gasteiger partial charge in [0.05, 0.1) is 27.7 Å². The number of ketones is 1. The third-order valence-corrected chi connectivity index (χ3v) is 5.76. The highest BCUT2D eigenvalue weighted by atomic mass is 35.5. The smallest absolute Gasteiger partial charge is 0.178 e. The third-order valence-electron chi connectivity index (χ3n) is 4.04. The van der Waals surface area contributed by atoms with Crippen LogP contribution in [-0.2, 0) is 32.2 Å². The van der Waals surface area contributed by atoms with Crippen molar-refractivity contribution in [3.05, 3.63) is 37.8 Å². The number of fused-ring (bicyclic) bond motifs is 1. The van der Waals surface area contributed by atoms with Crippen molar-refractivity contribution in [3.8, 4) is 0 Å². The van der Waals surface area contributed by atoms with E-state index in [1.54, 1.807) is 11.3 Å². The minimum atomic E-state index is 0.161. The van der Waals surface area contributed by atoms with Crippen LogP contribution in [0.1, 0.15) is 51.8 Å². The van der Waals surface area contributed by atoms with Crippen LogP contribution in [0.3, 0.4) is 0 Å². The number of hydrogen-bond donors (Lipinski definition) is 0. The standard InChI is InChI=1S/C16H19ClN2OS/c1-3-11-16(17)12(19(4-2)18-11)9-13(20)15-8-10-6-5-7-14(10)21-15/h8H,3-7,9H2,1-2H3. The van der Waals surface area contributed by atoms with Gasteiger partial charge in [0.15, 0.2) is 5.78 Å². The average molecular weight is 323 g/mol. The van der Waals surface area contributed by atoms with E-state index < -0.39 is 0 Å². The summed E-state index contributed by atoms with van der Waals surface area (Å²) in [6, 6.07) is 2.08. The van der Waals surface area contributed by atoms with Crippen molar-refractivity contribution in [2.24, 2.45) is 0 Å². The molecule has 0 amide bonds. The number of hydrogen-bond acceptors (Lipinski definition) is 3. The van der Waals surface area contributed by atoms with Crippen molar-refractivity contribution in [1.29, 1.82) is 0 Å². The van der Waals surface area contributed by atoms with Crippen LogP contribution >= 0.6 is 22.9 Å². The highest BCUT2D eigenvalue weighted by molar-refractivity contribution is 7.14. The van der Waals surface area contributed by atoms with Gasteiger partial charge in [-0.05, 0) is 44.2 Å². The van der Waals surface area contributed by atoms with E-state index in [4.69, 9.17) is 11.6 Å². The number of carbonyl (C=O) groups is 1. The molecule has 112 valence electrons. The van der Waals surface area contributed by atoms with Gasteiger partial charge >= 0.3 is 0 Å². The first-order valence-corrected chi connectivity index (χ1v) is 8.72. The first-order chi connectivity index (χ1) is 10.1. The summed E-state index contributed by atoms with van der Waals surface area (Å²) in [5.74, 6) is 0.161. The fourth-order valence-corrected chi connectivity index (χ4v) is 4.42. The molecule has 0 aromatic carbocycles. The number of aryl methyl sites for hydroxylation is 4. The molecule has 1 aliphatic carbocycles. The van der Waals surface area contributed by atoms with E-state index >= 15 is 0 Å². The molecular formula is C16H19ClN2OS. The third kappa shape index (κ3) is 2.67. The molecule has 2 aromatic heterocycles. The molecular weight excluding hydrogens is 304 g/mol. The Balaban J connectivity index is 1.85. The van der Waals surface area contributed by atoms with Crippen molar-refractivity contribution < 1.29 is 4.79 Å². The largest absolute Gasteiger partial charge is 0.293 e. The van der Waals surface area contributed by atoms with Gasteiger partial charge in [0.1, 0.15) is 0 Å². The molecule has 0 bridgehead atoms. The lowest BCUT2D eigenvalue weighted by Gasteiger charge is -2.04. The van der Waals surface area contributed by atoms with Gasteiger partial charge in [-0.1, -0.05) is 18.5 Å². The molecule has 0 aliphatic heterocycles. The summed E-state index contributed by atoms with van der Waals surface area (Å²) in [4.78, 5) is 14.8. The molecule has 3 rings (SSSR count). The number of rotatable bonds is 5. The van der Waals surface area contributed by atoms with Crippen molar-refractivity contribution in [2.45, 2.75) is 52.5 Å². The average Bonchev–Trinajstić information content (AvgIpc) is 3.13. The number of nitrogens with zero attached hydrogens (tertiary/aromatic N) is 2. The summed E-state index contributed by atoms with van der Waals surface area (Å²) in [5, 5.41) is 5.14. The molecule has 5 heteroatoms. The molecule has 0 saturated heterocycles. The van der Waals surface area contributed by atoms with E-state index in [0.29, 0.717) is 11.4 Å². The number of thiophene rings is 1. The second-order valence-corrected chi connectivity index (χ2v) is 6.90. The SMILES string of the molecule is CCc1nn(CC)c(CC(=O)c2cc3c(s2)CCC3)c1Cl. The number of aromatic nitrogens is 2. The van der Waals surface area contributed by atoms with Crippen LogP contribution in [0, 0.1) is 0 Å². The van der Waals surface area contributed by atoms with Crippen LogP contribution < -0.4 is 0 Å². The summed E-state index contributed by atoms with van der Waals surface area (Å²) < 4.78 is 1.86. The van der Waals surface area contributed by atoms with Crippen molar-refractivity contribution in [3.63, 3.8) is 0 Å². The molecule has 0 radical (unpaired) electrons. The van der Waals surface area contributed by atoms with E-state index in [0.717, 1.165) is 42.1 Å². The van der Waals surface area contributed by atoms with Gasteiger partial charge < -0.3 is 0 Å². The van der Waals surface area contributed by atoms with Crippen LogP contribution in [0.4, 0.5) is 0 Å². The quantitative estimate of drug-likeness (QED) is 0.777. The molecule has 0 atom stereocenters. The molecule has 2 aromatic rings. The topological polar surface area (TPSA) is 34.9 Å². The van der Waals surface area contributed by atoms with Gasteiger partial charge in [0.25, 0.3) is 0 Å². The molecule has 1 aliphatic rings. The Labute approximate surface area is 133 Å². The first-order valence-electron chi connectivity index (χ1n) is 7.52. The van der Waals surface area contributed by atoms with Crippen LogP contribution in [0.5, 0.6) is 0 Å². The van der Waals surface area contributed by atoms with Crippen molar-refractivity contribution in [2.75, 3.05) is 0 Å². The Morgan fingerprint density at radius 1 is 1.43 bits per heavy atom. The van der Waals surface area contributed by atoms with E-state index in [1.807, 2.05) is 18.5 Å². The lowest BCUT2D eigenvalue weighted by Crippen LogP contribution is -2.09. The maximum atomic E-state index is 12.5. The summed E-state index contributed by atoms with van der Waals surface area (Å²) in [6.07, 6.45) is 4.61. The van der Waals surface area contributed by atoms with E-state index in [1.165, 1.54) is 16.9 Å². The zero-order valence-electron chi connectivity index (χ0n) is 12.4. The molecule has 2 heterocycles. The highest BCUT2D eigenvalue weighted by Gasteiger charge is 2.22. The zero-order chi connectivity index (χ0) is 15.0. The molecule has 21 heavy (non-hydrogen) atoms. The van der Waals surface area contributed by atoms with Gasteiger partial charge in [-0.3, -0.25) is 9.48 Å². The molecule has 0 fully saturated rings. The Morgan fingerprint density at radius 2 is 2.24 bits per heavy atom. The fraction of sp³-hybridized carbons (Fsp3) is 0.500. The lowest BCUT2D eigenvalue weighted by molar-refractivity contribution is 0.0994. The van der Waals surface area contributed by atoms with Crippen LogP contribution in [-0.4, -0.2) is 15.6 Å². The summed E-state index contributed by atoms with van der Waals surface area (Å²) >= 11 is 8.04. The van der Waals surface area contributed by atoms with Crippen molar-refractivity contribution >= 4 is 28.7 Å². The molecule has 0 spiro atoms. The van der Waals surface area contributed by atoms with Crippen LogP contribution in [0.15, 0.2) is 6.07 Å². The Bertz CT molecular complexity index is 665. The Hall–Kier alpha value is -1.13. The van der Waals surface area contributed by atoms with Crippen LogP contribution in [0.25, 0.3) is 0 Å². The Kier molecular flexibility index (Phi) is 4.18.